The van der Waals surface area contributed by atoms with Crippen molar-refractivity contribution in [2.24, 2.45) is 0 Å². The monoisotopic (exact) mass is 296 g/mol. The molecule has 2 aromatic carbocycles. The number of hydrogen-bond acceptors (Lipinski definition) is 4. The smallest absolute Gasteiger partial charge is 0.265 e. The molecule has 0 saturated carbocycles. The lowest BCUT2D eigenvalue weighted by molar-refractivity contribution is -0.122. The predicted molar refractivity (Wildman–Crippen MR) is 82.9 cm³/mol. The molecule has 5 nitrogen and oxygen atoms in total. The molecule has 22 heavy (non-hydrogen) atoms. The number of carbonyl (C=O) groups is 1. The Kier molecular flexibility index (Phi) is 4.99. The first-order chi connectivity index (χ1) is 10.7. The minimum atomic E-state index is -0.733. The van der Waals surface area contributed by atoms with Gasteiger partial charge >= 0.3 is 0 Å². The second-order valence-electron chi connectivity index (χ2n) is 4.56. The molecule has 0 aromatic heterocycles. The normalized spacial score (nSPS) is 11.1. The lowest BCUT2D eigenvalue weighted by Gasteiger charge is -2.17. The van der Waals surface area contributed by atoms with Gasteiger partial charge in [0.15, 0.2) is 17.6 Å². The van der Waals surface area contributed by atoms with Crippen molar-refractivity contribution in [3.8, 4) is 17.6 Å². The van der Waals surface area contributed by atoms with E-state index in [0.717, 1.165) is 0 Å². The predicted octanol–water partition coefficient (Wildman–Crippen LogP) is 2.97. The van der Waals surface area contributed by atoms with E-state index in [1.807, 2.05) is 12.1 Å². The Morgan fingerprint density at radius 1 is 1.14 bits per heavy atom. The first-order valence-electron chi connectivity index (χ1n) is 6.75. The third-order valence-corrected chi connectivity index (χ3v) is 3.05. The van der Waals surface area contributed by atoms with Gasteiger partial charge in [-0.05, 0) is 31.2 Å². The van der Waals surface area contributed by atoms with Gasteiger partial charge in [-0.25, -0.2) is 0 Å². The van der Waals surface area contributed by atoms with E-state index in [9.17, 15) is 4.79 Å². The van der Waals surface area contributed by atoms with E-state index >= 15 is 0 Å². The molecule has 0 fully saturated rings. The Balaban J connectivity index is 2.08. The van der Waals surface area contributed by atoms with Gasteiger partial charge in [-0.15, -0.1) is 0 Å². The molecule has 1 amide bonds. The van der Waals surface area contributed by atoms with E-state index in [0.29, 0.717) is 22.7 Å². The van der Waals surface area contributed by atoms with Gasteiger partial charge < -0.3 is 14.8 Å². The average molecular weight is 296 g/mol. The van der Waals surface area contributed by atoms with E-state index < -0.39 is 6.10 Å². The van der Waals surface area contributed by atoms with Gasteiger partial charge in [0, 0.05) is 0 Å². The molecule has 0 aliphatic heterocycles. The molecular formula is C17H16N2O3. The molecule has 2 aromatic rings. The molecule has 2 rings (SSSR count). The second-order valence-corrected chi connectivity index (χ2v) is 4.56. The van der Waals surface area contributed by atoms with Crippen LogP contribution in [0.4, 0.5) is 5.69 Å². The van der Waals surface area contributed by atoms with Gasteiger partial charge in [0.2, 0.25) is 0 Å². The van der Waals surface area contributed by atoms with Gasteiger partial charge in [0.05, 0.1) is 18.4 Å². The van der Waals surface area contributed by atoms with Crippen LogP contribution in [-0.4, -0.2) is 19.1 Å². The highest BCUT2D eigenvalue weighted by atomic mass is 16.5. The Morgan fingerprint density at radius 3 is 2.45 bits per heavy atom. The van der Waals surface area contributed by atoms with E-state index in [-0.39, 0.29) is 5.91 Å². The maximum absolute atomic E-state index is 12.2. The summed E-state index contributed by atoms with van der Waals surface area (Å²) < 4.78 is 10.8. The van der Waals surface area contributed by atoms with E-state index in [4.69, 9.17) is 14.7 Å². The van der Waals surface area contributed by atoms with Crippen LogP contribution in [0, 0.1) is 11.3 Å². The quantitative estimate of drug-likeness (QED) is 0.920. The number of nitriles is 1. The fourth-order valence-corrected chi connectivity index (χ4v) is 1.88. The SMILES string of the molecule is COc1ccccc1O[C@@H](C)C(=O)Nc1ccccc1C#N. The number of rotatable bonds is 5. The summed E-state index contributed by atoms with van der Waals surface area (Å²) in [4.78, 5) is 12.2. The largest absolute Gasteiger partial charge is 0.493 e. The van der Waals surface area contributed by atoms with Crippen LogP contribution in [0.15, 0.2) is 48.5 Å². The van der Waals surface area contributed by atoms with E-state index in [2.05, 4.69) is 5.32 Å². The fraction of sp³-hybridized carbons (Fsp3) is 0.176. The van der Waals surface area contributed by atoms with Crippen LogP contribution in [0.2, 0.25) is 0 Å². The Bertz CT molecular complexity index is 707. The first kappa shape index (κ1) is 15.4. The molecule has 0 bridgehead atoms. The van der Waals surface area contributed by atoms with Crippen LogP contribution in [0.5, 0.6) is 11.5 Å². The van der Waals surface area contributed by atoms with Crippen LogP contribution in [0.25, 0.3) is 0 Å². The van der Waals surface area contributed by atoms with Crippen LogP contribution in [-0.2, 0) is 4.79 Å². The molecule has 1 atom stereocenters. The first-order valence-corrected chi connectivity index (χ1v) is 6.75. The summed E-state index contributed by atoms with van der Waals surface area (Å²) in [6.07, 6.45) is -0.733. The molecule has 0 spiro atoms. The van der Waals surface area contributed by atoms with Crippen molar-refractivity contribution in [2.45, 2.75) is 13.0 Å². The molecule has 0 aliphatic rings. The van der Waals surface area contributed by atoms with Gasteiger partial charge in [-0.1, -0.05) is 24.3 Å². The average Bonchev–Trinajstić information content (AvgIpc) is 2.55. The number of para-hydroxylation sites is 3. The lowest BCUT2D eigenvalue weighted by atomic mass is 10.2. The maximum Gasteiger partial charge on any atom is 0.265 e. The minimum Gasteiger partial charge on any atom is -0.493 e. The fourth-order valence-electron chi connectivity index (χ4n) is 1.88. The zero-order valence-corrected chi connectivity index (χ0v) is 12.4. The number of methoxy groups -OCH3 is 1. The van der Waals surface area contributed by atoms with E-state index in [1.54, 1.807) is 49.4 Å². The molecule has 0 radical (unpaired) electrons. The third kappa shape index (κ3) is 3.55. The van der Waals surface area contributed by atoms with Crippen molar-refractivity contribution in [2.75, 3.05) is 12.4 Å². The number of amides is 1. The number of nitrogens with one attached hydrogen (secondary N) is 1. The number of anilines is 1. The number of nitrogens with zero attached hydrogens (tertiary/aromatic N) is 1. The molecule has 112 valence electrons. The van der Waals surface area contributed by atoms with Gasteiger partial charge in [-0.3, -0.25) is 4.79 Å². The Labute approximate surface area is 129 Å². The van der Waals surface area contributed by atoms with Crippen molar-refractivity contribution in [3.05, 3.63) is 54.1 Å². The highest BCUT2D eigenvalue weighted by Crippen LogP contribution is 2.27. The Morgan fingerprint density at radius 2 is 1.77 bits per heavy atom. The highest BCUT2D eigenvalue weighted by molar-refractivity contribution is 5.95. The number of benzene rings is 2. The van der Waals surface area contributed by atoms with Gasteiger partial charge in [0.25, 0.3) is 5.91 Å². The molecule has 0 heterocycles. The van der Waals surface area contributed by atoms with Crippen molar-refractivity contribution in [3.63, 3.8) is 0 Å². The summed E-state index contributed by atoms with van der Waals surface area (Å²) in [6.45, 7) is 1.64. The lowest BCUT2D eigenvalue weighted by Crippen LogP contribution is -2.30. The molecular weight excluding hydrogens is 280 g/mol. The summed E-state index contributed by atoms with van der Waals surface area (Å²) in [5, 5.41) is 11.7. The molecule has 5 heteroatoms. The molecule has 1 N–H and O–H groups in total. The summed E-state index contributed by atoms with van der Waals surface area (Å²) in [7, 11) is 1.54. The zero-order valence-electron chi connectivity index (χ0n) is 12.4. The van der Waals surface area contributed by atoms with Gasteiger partial charge in [0.1, 0.15) is 6.07 Å². The number of carbonyl (C=O) groups excluding carboxylic acids is 1. The second kappa shape index (κ2) is 7.14. The summed E-state index contributed by atoms with van der Waals surface area (Å²) in [5.74, 6) is 0.703. The van der Waals surface area contributed by atoms with Crippen LogP contribution >= 0.6 is 0 Å². The maximum atomic E-state index is 12.2. The topological polar surface area (TPSA) is 71.3 Å². The molecule has 0 saturated heterocycles. The molecule has 0 unspecified atom stereocenters. The summed E-state index contributed by atoms with van der Waals surface area (Å²) >= 11 is 0. The Hall–Kier alpha value is -3.00. The van der Waals surface area contributed by atoms with Crippen molar-refractivity contribution < 1.29 is 14.3 Å². The van der Waals surface area contributed by atoms with Crippen LogP contribution in [0.3, 0.4) is 0 Å². The number of hydrogen-bond donors (Lipinski definition) is 1. The van der Waals surface area contributed by atoms with Crippen molar-refractivity contribution in [1.29, 1.82) is 5.26 Å². The van der Waals surface area contributed by atoms with Crippen molar-refractivity contribution in [1.82, 2.24) is 0 Å². The summed E-state index contributed by atoms with van der Waals surface area (Å²) in [6, 6.07) is 15.9. The number of ether oxygens (including phenoxy) is 2. The standard InChI is InChI=1S/C17H16N2O3/c1-12(22-16-10-6-5-9-15(16)21-2)17(20)19-14-8-4-3-7-13(14)11-18/h3-10,12H,1-2H3,(H,19,20)/t12-/m0/s1. The highest BCUT2D eigenvalue weighted by Gasteiger charge is 2.17. The zero-order chi connectivity index (χ0) is 15.9. The van der Waals surface area contributed by atoms with Crippen LogP contribution in [0.1, 0.15) is 12.5 Å². The minimum absolute atomic E-state index is 0.339. The summed E-state index contributed by atoms with van der Waals surface area (Å²) in [5.41, 5.74) is 0.866. The third-order valence-electron chi connectivity index (χ3n) is 3.05. The van der Waals surface area contributed by atoms with Gasteiger partial charge in [-0.2, -0.15) is 5.26 Å². The van der Waals surface area contributed by atoms with E-state index in [1.165, 1.54) is 7.11 Å². The van der Waals surface area contributed by atoms with Crippen molar-refractivity contribution >= 4 is 11.6 Å². The van der Waals surface area contributed by atoms with Crippen LogP contribution < -0.4 is 14.8 Å². The molecule has 0 aliphatic carbocycles.